The molecule has 118 valence electrons. The molecule has 0 radical (unpaired) electrons. The highest BCUT2D eigenvalue weighted by Gasteiger charge is 2.55. The molecule has 0 unspecified atom stereocenters. The summed E-state index contributed by atoms with van der Waals surface area (Å²) in [5.74, 6) is 0. The van der Waals surface area contributed by atoms with E-state index in [1.807, 2.05) is 0 Å². The Bertz CT molecular complexity index is 361. The SMILES string of the molecule is CC1(C)[C@H]2O[C@@H](C[C@H]1O[Si](C)(C)C(C)(C)C)[C@@H](CO)O2. The van der Waals surface area contributed by atoms with Gasteiger partial charge in [0, 0.05) is 11.8 Å². The minimum Gasteiger partial charge on any atom is -0.413 e. The third-order valence-corrected chi connectivity index (χ3v) is 9.80. The highest BCUT2D eigenvalue weighted by Crippen LogP contribution is 2.48. The second-order valence-electron chi connectivity index (χ2n) is 8.29. The quantitative estimate of drug-likeness (QED) is 0.814. The molecule has 5 heteroatoms. The van der Waals surface area contributed by atoms with Gasteiger partial charge in [0.15, 0.2) is 14.6 Å². The fraction of sp³-hybridized carbons (Fsp3) is 1.00. The molecule has 20 heavy (non-hydrogen) atoms. The molecule has 1 N–H and O–H groups in total. The molecule has 2 aliphatic heterocycles. The van der Waals surface area contributed by atoms with Crippen molar-refractivity contribution in [3.8, 4) is 0 Å². The van der Waals surface area contributed by atoms with Crippen LogP contribution in [0.25, 0.3) is 0 Å². The summed E-state index contributed by atoms with van der Waals surface area (Å²) < 4.78 is 18.4. The van der Waals surface area contributed by atoms with Gasteiger partial charge >= 0.3 is 0 Å². The second kappa shape index (κ2) is 5.06. The Kier molecular flexibility index (Phi) is 4.15. The summed E-state index contributed by atoms with van der Waals surface area (Å²) in [4.78, 5) is 0. The zero-order valence-corrected chi connectivity index (χ0v) is 14.9. The van der Waals surface area contributed by atoms with E-state index in [2.05, 4.69) is 47.7 Å². The minimum absolute atomic E-state index is 0.0179. The molecular weight excluding hydrogens is 272 g/mol. The third kappa shape index (κ3) is 2.71. The highest BCUT2D eigenvalue weighted by atomic mass is 28.4. The Hall–Kier alpha value is 0.0569. The lowest BCUT2D eigenvalue weighted by Gasteiger charge is -2.47. The van der Waals surface area contributed by atoms with Gasteiger partial charge in [-0.15, -0.1) is 0 Å². The van der Waals surface area contributed by atoms with Crippen LogP contribution in [-0.4, -0.2) is 44.6 Å². The Morgan fingerprint density at radius 1 is 1.25 bits per heavy atom. The Morgan fingerprint density at radius 3 is 2.35 bits per heavy atom. The van der Waals surface area contributed by atoms with Crippen LogP contribution in [0.1, 0.15) is 41.0 Å². The lowest BCUT2D eigenvalue weighted by Crippen LogP contribution is -2.54. The molecular formula is C15H30O4Si. The predicted octanol–water partition coefficient (Wildman–Crippen LogP) is 2.91. The first-order valence-corrected chi connectivity index (χ1v) is 10.5. The van der Waals surface area contributed by atoms with E-state index in [1.54, 1.807) is 0 Å². The fourth-order valence-electron chi connectivity index (χ4n) is 2.64. The molecule has 2 rings (SSSR count). The standard InChI is InChI=1S/C15H30O4Si/c1-14(2,3)20(6,7)19-12-8-10-11(9-16)18-13(17-10)15(12,4)5/h10-13,16H,8-9H2,1-7H3/t10-,11+,12+,13-/m0/s1. The molecule has 0 aliphatic carbocycles. The van der Waals surface area contributed by atoms with Crippen LogP contribution in [0.15, 0.2) is 0 Å². The van der Waals surface area contributed by atoms with Gasteiger partial charge in [-0.2, -0.15) is 0 Å². The van der Waals surface area contributed by atoms with E-state index >= 15 is 0 Å². The lowest BCUT2D eigenvalue weighted by molar-refractivity contribution is -0.198. The van der Waals surface area contributed by atoms with Gasteiger partial charge in [-0.3, -0.25) is 0 Å². The van der Waals surface area contributed by atoms with Crippen LogP contribution in [0, 0.1) is 5.41 Å². The number of ether oxygens (including phenoxy) is 2. The summed E-state index contributed by atoms with van der Waals surface area (Å²) >= 11 is 0. The zero-order chi connectivity index (χ0) is 15.3. The lowest BCUT2D eigenvalue weighted by atomic mass is 9.81. The molecule has 2 aliphatic rings. The highest BCUT2D eigenvalue weighted by molar-refractivity contribution is 6.74. The second-order valence-corrected chi connectivity index (χ2v) is 13.0. The Morgan fingerprint density at radius 2 is 1.85 bits per heavy atom. The third-order valence-electron chi connectivity index (χ3n) is 5.32. The summed E-state index contributed by atoms with van der Waals surface area (Å²) in [5, 5.41) is 9.59. The van der Waals surface area contributed by atoms with Crippen molar-refractivity contribution in [2.24, 2.45) is 5.41 Å². The fourth-order valence-corrected chi connectivity index (χ4v) is 4.11. The molecule has 0 aromatic rings. The first kappa shape index (κ1) is 16.4. The van der Waals surface area contributed by atoms with E-state index in [0.717, 1.165) is 6.42 Å². The van der Waals surface area contributed by atoms with Gasteiger partial charge in [-0.25, -0.2) is 0 Å². The maximum Gasteiger partial charge on any atom is 0.192 e. The van der Waals surface area contributed by atoms with Gasteiger partial charge in [0.2, 0.25) is 0 Å². The summed E-state index contributed by atoms with van der Waals surface area (Å²) in [7, 11) is -1.82. The van der Waals surface area contributed by atoms with Crippen LogP contribution in [-0.2, 0) is 13.9 Å². The van der Waals surface area contributed by atoms with Crippen LogP contribution < -0.4 is 0 Å². The molecule has 4 atom stereocenters. The minimum atomic E-state index is -1.82. The van der Waals surface area contributed by atoms with E-state index in [9.17, 15) is 5.11 Å². The topological polar surface area (TPSA) is 47.9 Å². The summed E-state index contributed by atoms with van der Waals surface area (Å²) in [5.41, 5.74) is -0.185. The van der Waals surface area contributed by atoms with Crippen molar-refractivity contribution in [2.75, 3.05) is 6.61 Å². The van der Waals surface area contributed by atoms with Crippen molar-refractivity contribution in [3.05, 3.63) is 0 Å². The monoisotopic (exact) mass is 302 g/mol. The van der Waals surface area contributed by atoms with E-state index in [0.29, 0.717) is 0 Å². The molecule has 0 amide bonds. The largest absolute Gasteiger partial charge is 0.413 e. The van der Waals surface area contributed by atoms with Crippen LogP contribution in [0.3, 0.4) is 0 Å². The van der Waals surface area contributed by atoms with Gasteiger partial charge in [-0.1, -0.05) is 34.6 Å². The number of hydrogen-bond acceptors (Lipinski definition) is 4. The van der Waals surface area contributed by atoms with Crippen LogP contribution in [0.5, 0.6) is 0 Å². The number of fused-ring (bicyclic) bond motifs is 2. The van der Waals surface area contributed by atoms with Crippen molar-refractivity contribution in [2.45, 2.75) is 83.8 Å². The van der Waals surface area contributed by atoms with Crippen molar-refractivity contribution < 1.29 is 19.0 Å². The molecule has 2 fully saturated rings. The van der Waals surface area contributed by atoms with Gasteiger partial charge in [-0.05, 0) is 18.1 Å². The van der Waals surface area contributed by atoms with Gasteiger partial charge < -0.3 is 19.0 Å². The van der Waals surface area contributed by atoms with E-state index < -0.39 is 8.32 Å². The van der Waals surface area contributed by atoms with Crippen LogP contribution >= 0.6 is 0 Å². The van der Waals surface area contributed by atoms with Gasteiger partial charge in [0.25, 0.3) is 0 Å². The van der Waals surface area contributed by atoms with Gasteiger partial charge in [0.1, 0.15) is 6.10 Å². The van der Waals surface area contributed by atoms with Gasteiger partial charge in [0.05, 0.1) is 18.8 Å². The van der Waals surface area contributed by atoms with Crippen molar-refractivity contribution in [1.29, 1.82) is 0 Å². The summed E-state index contributed by atoms with van der Waals surface area (Å²) in [6.45, 7) is 15.6. The molecule has 4 nitrogen and oxygen atoms in total. The molecule has 0 aromatic heterocycles. The maximum atomic E-state index is 9.39. The average molecular weight is 302 g/mol. The smallest absolute Gasteiger partial charge is 0.192 e. The number of rotatable bonds is 3. The molecule has 0 saturated carbocycles. The number of hydrogen-bond donors (Lipinski definition) is 1. The van der Waals surface area contributed by atoms with E-state index in [4.69, 9.17) is 13.9 Å². The number of aliphatic hydroxyl groups is 1. The zero-order valence-electron chi connectivity index (χ0n) is 13.9. The molecule has 0 aromatic carbocycles. The van der Waals surface area contributed by atoms with Crippen LogP contribution in [0.4, 0.5) is 0 Å². The molecule has 2 bridgehead atoms. The Labute approximate surface area is 123 Å². The maximum absolute atomic E-state index is 9.39. The number of aliphatic hydroxyl groups excluding tert-OH is 1. The predicted molar refractivity (Wildman–Crippen MR) is 81.1 cm³/mol. The first-order valence-electron chi connectivity index (χ1n) is 7.58. The first-order chi connectivity index (χ1) is 8.99. The summed E-state index contributed by atoms with van der Waals surface area (Å²) in [6, 6.07) is 0. The van der Waals surface area contributed by atoms with E-state index in [-0.39, 0.29) is 41.7 Å². The average Bonchev–Trinajstić information content (AvgIpc) is 2.65. The van der Waals surface area contributed by atoms with Crippen molar-refractivity contribution in [3.63, 3.8) is 0 Å². The molecule has 2 heterocycles. The van der Waals surface area contributed by atoms with Crippen LogP contribution in [0.2, 0.25) is 18.1 Å². The summed E-state index contributed by atoms with van der Waals surface area (Å²) in [6.07, 6.45) is 0.429. The van der Waals surface area contributed by atoms with Crippen molar-refractivity contribution in [1.82, 2.24) is 0 Å². The van der Waals surface area contributed by atoms with E-state index in [1.165, 1.54) is 0 Å². The van der Waals surface area contributed by atoms with Crippen molar-refractivity contribution >= 4 is 8.32 Å². The molecule has 0 spiro atoms. The normalized spacial score (nSPS) is 37.2. The Balaban J connectivity index is 2.17. The molecule has 2 saturated heterocycles.